The van der Waals surface area contributed by atoms with Gasteiger partial charge < -0.3 is 11.5 Å². The van der Waals surface area contributed by atoms with Gasteiger partial charge in [-0.2, -0.15) is 10.2 Å². The zero-order valence-corrected chi connectivity index (χ0v) is 10.8. The molecular weight excluding hydrogens is 252 g/mol. The average molecular weight is 268 g/mol. The van der Waals surface area contributed by atoms with E-state index in [4.69, 9.17) is 11.5 Å². The van der Waals surface area contributed by atoms with Crippen molar-refractivity contribution in [2.75, 3.05) is 0 Å². The number of rotatable bonds is 3. The van der Waals surface area contributed by atoms with Gasteiger partial charge in [0.15, 0.2) is 0 Å². The number of carbonyl (C=O) groups is 2. The van der Waals surface area contributed by atoms with E-state index in [-0.39, 0.29) is 23.7 Å². The summed E-state index contributed by atoms with van der Waals surface area (Å²) >= 11 is 0. The number of guanidine groups is 2. The maximum Gasteiger partial charge on any atom is 0.223 e. The third-order valence-corrected chi connectivity index (χ3v) is 1.33. The number of nitrogens with one attached hydrogen (secondary N) is 2. The largest absolute Gasteiger partial charge is 0.368 e. The van der Waals surface area contributed by atoms with Crippen molar-refractivity contribution in [3.63, 3.8) is 0 Å². The topological polar surface area (TPSA) is 160 Å². The van der Waals surface area contributed by atoms with E-state index in [2.05, 4.69) is 31.0 Å². The van der Waals surface area contributed by atoms with Crippen LogP contribution in [0.5, 0.6) is 0 Å². The molecule has 0 aromatic rings. The van der Waals surface area contributed by atoms with Gasteiger partial charge in [-0.25, -0.2) is 0 Å². The third-order valence-electron chi connectivity index (χ3n) is 1.33. The van der Waals surface area contributed by atoms with E-state index in [1.54, 1.807) is 6.92 Å². The summed E-state index contributed by atoms with van der Waals surface area (Å²) < 4.78 is 0. The van der Waals surface area contributed by atoms with Gasteiger partial charge in [0.05, 0.1) is 11.9 Å². The number of hydrogen-bond acceptors (Lipinski definition) is 6. The molecule has 0 aliphatic carbocycles. The highest BCUT2D eigenvalue weighted by atomic mass is 16.2. The summed E-state index contributed by atoms with van der Waals surface area (Å²) in [4.78, 5) is 21.2. The lowest BCUT2D eigenvalue weighted by molar-refractivity contribution is -0.118. The predicted octanol–water partition coefficient (Wildman–Crippen LogP) is -1.75. The van der Waals surface area contributed by atoms with Crippen LogP contribution in [0.2, 0.25) is 0 Å². The van der Waals surface area contributed by atoms with Gasteiger partial charge in [0.25, 0.3) is 0 Å². The van der Waals surface area contributed by atoms with Crippen LogP contribution in [-0.2, 0) is 9.59 Å². The maximum absolute atomic E-state index is 10.6. The number of carbonyl (C=O) groups excluding carboxylic acids is 2. The molecule has 10 nitrogen and oxygen atoms in total. The van der Waals surface area contributed by atoms with E-state index in [1.807, 2.05) is 0 Å². The van der Waals surface area contributed by atoms with E-state index in [9.17, 15) is 9.59 Å². The zero-order chi connectivity index (χ0) is 14.8. The summed E-state index contributed by atoms with van der Waals surface area (Å²) in [5.74, 6) is -0.982. The Morgan fingerprint density at radius 3 is 1.84 bits per heavy atom. The Hall–Kier alpha value is -2.78. The molecule has 19 heavy (non-hydrogen) atoms. The van der Waals surface area contributed by atoms with Crippen molar-refractivity contribution in [3.8, 4) is 0 Å². The van der Waals surface area contributed by atoms with E-state index >= 15 is 0 Å². The molecular formula is C9H16N8O2. The van der Waals surface area contributed by atoms with E-state index < -0.39 is 0 Å². The van der Waals surface area contributed by atoms with Crippen molar-refractivity contribution in [2.45, 2.75) is 20.8 Å². The fourth-order valence-electron chi connectivity index (χ4n) is 0.744. The molecule has 0 saturated carbocycles. The number of nitrogens with two attached hydrogens (primary N) is 2. The lowest BCUT2D eigenvalue weighted by Gasteiger charge is -1.96. The van der Waals surface area contributed by atoms with Crippen LogP contribution in [0, 0.1) is 0 Å². The minimum absolute atomic E-state index is 0.137. The van der Waals surface area contributed by atoms with Crippen LogP contribution in [0.3, 0.4) is 0 Å². The monoisotopic (exact) mass is 268 g/mol. The van der Waals surface area contributed by atoms with Crippen LogP contribution in [0.1, 0.15) is 20.8 Å². The molecule has 0 heterocycles. The molecule has 0 aliphatic rings. The molecule has 0 fully saturated rings. The van der Waals surface area contributed by atoms with E-state index in [0.29, 0.717) is 5.71 Å². The van der Waals surface area contributed by atoms with Crippen LogP contribution in [-0.4, -0.2) is 35.7 Å². The first-order valence-electron chi connectivity index (χ1n) is 5.10. The smallest absolute Gasteiger partial charge is 0.223 e. The third kappa shape index (κ3) is 10.1. The Labute approximate surface area is 109 Å². The van der Waals surface area contributed by atoms with Crippen LogP contribution in [0.15, 0.2) is 20.4 Å². The molecule has 0 rings (SSSR count). The molecule has 0 saturated heterocycles. The van der Waals surface area contributed by atoms with Crippen molar-refractivity contribution >= 4 is 35.7 Å². The Morgan fingerprint density at radius 2 is 1.37 bits per heavy atom. The second kappa shape index (κ2) is 8.33. The van der Waals surface area contributed by atoms with Gasteiger partial charge >= 0.3 is 0 Å². The quantitative estimate of drug-likeness (QED) is 0.271. The fourth-order valence-corrected chi connectivity index (χ4v) is 0.744. The van der Waals surface area contributed by atoms with Crippen molar-refractivity contribution in [3.05, 3.63) is 0 Å². The SMILES string of the molecule is CC(=O)N\C(N)=N/N=C\C(C)=N/N=C(\N)NC(C)=O. The van der Waals surface area contributed by atoms with E-state index in [0.717, 1.165) is 0 Å². The zero-order valence-electron chi connectivity index (χ0n) is 10.8. The molecule has 0 aromatic carbocycles. The molecule has 0 radical (unpaired) electrons. The average Bonchev–Trinajstić information content (AvgIpc) is 2.24. The van der Waals surface area contributed by atoms with Gasteiger partial charge in [-0.3, -0.25) is 20.2 Å². The first-order chi connectivity index (χ1) is 8.81. The first kappa shape index (κ1) is 16.2. The highest BCUT2D eigenvalue weighted by Gasteiger charge is 1.94. The lowest BCUT2D eigenvalue weighted by Crippen LogP contribution is -2.34. The molecule has 104 valence electrons. The molecule has 0 unspecified atom stereocenters. The summed E-state index contributed by atoms with van der Waals surface area (Å²) in [7, 11) is 0. The van der Waals surface area contributed by atoms with Gasteiger partial charge in [-0.1, -0.05) is 0 Å². The first-order valence-corrected chi connectivity index (χ1v) is 5.10. The summed E-state index contributed by atoms with van der Waals surface area (Å²) in [5, 5.41) is 18.7. The summed E-state index contributed by atoms with van der Waals surface area (Å²) in [5.41, 5.74) is 11.0. The summed E-state index contributed by atoms with van der Waals surface area (Å²) in [6.07, 6.45) is 1.25. The maximum atomic E-state index is 10.6. The molecule has 0 spiro atoms. The minimum atomic E-state index is -0.352. The molecule has 10 heteroatoms. The highest BCUT2D eigenvalue weighted by Crippen LogP contribution is 1.79. The van der Waals surface area contributed by atoms with Crippen LogP contribution in [0.4, 0.5) is 0 Å². The molecule has 0 aliphatic heterocycles. The van der Waals surface area contributed by atoms with Gasteiger partial charge in [0.2, 0.25) is 23.7 Å². The summed E-state index contributed by atoms with van der Waals surface area (Å²) in [6, 6.07) is 0. The van der Waals surface area contributed by atoms with Crippen LogP contribution >= 0.6 is 0 Å². The van der Waals surface area contributed by atoms with Crippen molar-refractivity contribution in [1.82, 2.24) is 10.6 Å². The van der Waals surface area contributed by atoms with Gasteiger partial charge in [0, 0.05) is 13.8 Å². The second-order valence-corrected chi connectivity index (χ2v) is 3.32. The normalized spacial score (nSPS) is 13.5. The van der Waals surface area contributed by atoms with Crippen molar-refractivity contribution in [2.24, 2.45) is 31.9 Å². The molecule has 6 N–H and O–H groups in total. The van der Waals surface area contributed by atoms with Gasteiger partial charge in [-0.15, -0.1) is 10.2 Å². The van der Waals surface area contributed by atoms with Crippen molar-refractivity contribution in [1.29, 1.82) is 0 Å². The van der Waals surface area contributed by atoms with Gasteiger partial charge in [-0.05, 0) is 6.92 Å². The van der Waals surface area contributed by atoms with Crippen molar-refractivity contribution < 1.29 is 9.59 Å². The Morgan fingerprint density at radius 1 is 0.895 bits per heavy atom. The number of amides is 2. The Kier molecular flexibility index (Phi) is 7.11. The molecule has 0 bridgehead atoms. The lowest BCUT2D eigenvalue weighted by atomic mass is 10.5. The second-order valence-electron chi connectivity index (χ2n) is 3.32. The summed E-state index contributed by atoms with van der Waals surface area (Å²) in [6.45, 7) is 4.16. The molecule has 0 atom stereocenters. The van der Waals surface area contributed by atoms with Gasteiger partial charge in [0.1, 0.15) is 0 Å². The van der Waals surface area contributed by atoms with Crippen LogP contribution < -0.4 is 22.1 Å². The van der Waals surface area contributed by atoms with Crippen LogP contribution in [0.25, 0.3) is 0 Å². The Bertz CT molecular complexity index is 463. The predicted molar refractivity (Wildman–Crippen MR) is 72.5 cm³/mol. The standard InChI is InChI=1S/C9H16N8O2/c1-5(15-17-9(11)14-7(3)19)4-12-16-8(10)13-6(2)18/h4H,1-3H3,(H3,10,13,16,18)(H3,11,14,17,19)/b12-4-,15-5-. The minimum Gasteiger partial charge on any atom is -0.368 e. The number of hydrogen-bond donors (Lipinski definition) is 4. The molecule has 0 aromatic heterocycles. The molecule has 2 amide bonds. The highest BCUT2D eigenvalue weighted by molar-refractivity contribution is 6.29. The number of nitrogens with zero attached hydrogens (tertiary/aromatic N) is 4. The van der Waals surface area contributed by atoms with E-state index in [1.165, 1.54) is 20.1 Å². The Balaban J connectivity index is 4.48. The fraction of sp³-hybridized carbons (Fsp3) is 0.333.